The lowest BCUT2D eigenvalue weighted by Crippen LogP contribution is -2.18. The van der Waals surface area contributed by atoms with Crippen LogP contribution in [0.15, 0.2) is 36.5 Å². The molecule has 0 bridgehead atoms. The van der Waals surface area contributed by atoms with E-state index in [0.717, 1.165) is 70.6 Å². The van der Waals surface area contributed by atoms with Crippen LogP contribution in [0.4, 0.5) is 0 Å². The highest BCUT2D eigenvalue weighted by molar-refractivity contribution is 5.69. The standard InChI is InChI=1S/C48H88O4/c1-3-5-7-9-11-13-15-17-18-19-20-21-22-23-24-26-28-30-32-37-41-45-48(51)52-46(43-39-35-33-36-40-44-47(49)50)42-38-34-31-29-27-25-16-14-12-10-8-6-4-2/h11,13,17-18,23-24,46H,3-10,12,14-16,19-22,25-45H2,1-2H3,(H,49,50)/b13-11-,18-17-,24-23-. The zero-order chi connectivity index (χ0) is 37.8. The molecule has 4 heteroatoms. The maximum atomic E-state index is 12.7. The van der Waals surface area contributed by atoms with Crippen molar-refractivity contribution in [3.8, 4) is 0 Å². The second-order valence-corrected chi connectivity index (χ2v) is 15.6. The Morgan fingerprint density at radius 1 is 0.423 bits per heavy atom. The Kier molecular flexibility index (Phi) is 42.0. The van der Waals surface area contributed by atoms with Gasteiger partial charge >= 0.3 is 11.9 Å². The molecule has 1 unspecified atom stereocenters. The van der Waals surface area contributed by atoms with Gasteiger partial charge in [-0.15, -0.1) is 0 Å². The van der Waals surface area contributed by atoms with Crippen molar-refractivity contribution in [1.82, 2.24) is 0 Å². The Morgan fingerprint density at radius 2 is 0.750 bits per heavy atom. The molecule has 1 atom stereocenters. The first-order valence-corrected chi connectivity index (χ1v) is 23.0. The van der Waals surface area contributed by atoms with Crippen LogP contribution in [-0.4, -0.2) is 23.1 Å². The highest BCUT2D eigenvalue weighted by Gasteiger charge is 2.14. The van der Waals surface area contributed by atoms with E-state index in [1.54, 1.807) is 0 Å². The first-order chi connectivity index (χ1) is 25.6. The van der Waals surface area contributed by atoms with E-state index in [0.29, 0.717) is 6.42 Å². The minimum Gasteiger partial charge on any atom is -0.481 e. The third-order valence-corrected chi connectivity index (χ3v) is 10.3. The number of rotatable bonds is 42. The zero-order valence-corrected chi connectivity index (χ0v) is 34.9. The summed E-state index contributed by atoms with van der Waals surface area (Å²) in [6.45, 7) is 4.54. The topological polar surface area (TPSA) is 63.6 Å². The number of carboxylic acids is 1. The maximum absolute atomic E-state index is 12.7. The molecule has 0 aliphatic rings. The summed E-state index contributed by atoms with van der Waals surface area (Å²) in [5, 5.41) is 8.85. The predicted molar refractivity (Wildman–Crippen MR) is 227 cm³/mol. The number of aliphatic carboxylic acids is 1. The van der Waals surface area contributed by atoms with Gasteiger partial charge in [0.15, 0.2) is 0 Å². The molecule has 0 rings (SSSR count). The van der Waals surface area contributed by atoms with Crippen molar-refractivity contribution in [2.75, 3.05) is 0 Å². The first kappa shape index (κ1) is 50.2. The van der Waals surface area contributed by atoms with Gasteiger partial charge in [0.05, 0.1) is 0 Å². The largest absolute Gasteiger partial charge is 0.481 e. The molecule has 0 saturated heterocycles. The van der Waals surface area contributed by atoms with E-state index in [-0.39, 0.29) is 18.5 Å². The van der Waals surface area contributed by atoms with Crippen molar-refractivity contribution in [3.05, 3.63) is 36.5 Å². The third kappa shape index (κ3) is 42.6. The van der Waals surface area contributed by atoms with Crippen molar-refractivity contribution >= 4 is 11.9 Å². The Labute approximate surface area is 324 Å². The lowest BCUT2D eigenvalue weighted by Gasteiger charge is -2.18. The molecule has 0 aliphatic carbocycles. The van der Waals surface area contributed by atoms with Crippen LogP contribution in [-0.2, 0) is 14.3 Å². The van der Waals surface area contributed by atoms with Crippen molar-refractivity contribution in [2.24, 2.45) is 0 Å². The van der Waals surface area contributed by atoms with E-state index in [1.165, 1.54) is 154 Å². The van der Waals surface area contributed by atoms with Crippen LogP contribution in [0.3, 0.4) is 0 Å². The monoisotopic (exact) mass is 729 g/mol. The average Bonchev–Trinajstić information content (AvgIpc) is 3.13. The van der Waals surface area contributed by atoms with Crippen LogP contribution >= 0.6 is 0 Å². The molecule has 304 valence electrons. The van der Waals surface area contributed by atoms with Gasteiger partial charge in [-0.1, -0.05) is 179 Å². The summed E-state index contributed by atoms with van der Waals surface area (Å²) >= 11 is 0. The van der Waals surface area contributed by atoms with Crippen LogP contribution < -0.4 is 0 Å². The summed E-state index contributed by atoms with van der Waals surface area (Å²) in [5.41, 5.74) is 0. The molecule has 0 spiro atoms. The number of esters is 1. The minimum atomic E-state index is -0.700. The van der Waals surface area contributed by atoms with Gasteiger partial charge in [-0.05, 0) is 96.3 Å². The molecule has 0 fully saturated rings. The molecule has 0 aromatic rings. The van der Waals surface area contributed by atoms with Crippen LogP contribution in [0.25, 0.3) is 0 Å². The number of carbonyl (C=O) groups is 2. The van der Waals surface area contributed by atoms with Crippen molar-refractivity contribution in [3.63, 3.8) is 0 Å². The normalized spacial score (nSPS) is 12.5. The first-order valence-electron chi connectivity index (χ1n) is 23.0. The third-order valence-electron chi connectivity index (χ3n) is 10.3. The Bertz CT molecular complexity index is 828. The second-order valence-electron chi connectivity index (χ2n) is 15.6. The Hall–Kier alpha value is -1.84. The lowest BCUT2D eigenvalue weighted by atomic mass is 10.0. The van der Waals surface area contributed by atoms with Gasteiger partial charge < -0.3 is 9.84 Å². The Balaban J connectivity index is 3.98. The summed E-state index contributed by atoms with van der Waals surface area (Å²) < 4.78 is 6.03. The molecule has 0 radical (unpaired) electrons. The molecule has 0 aromatic carbocycles. The molecule has 0 saturated carbocycles. The molecular formula is C48H88O4. The summed E-state index contributed by atoms with van der Waals surface area (Å²) in [4.78, 5) is 23.5. The number of hydrogen-bond acceptors (Lipinski definition) is 3. The smallest absolute Gasteiger partial charge is 0.306 e. The summed E-state index contributed by atoms with van der Waals surface area (Å²) in [6, 6.07) is 0. The lowest BCUT2D eigenvalue weighted by molar-refractivity contribution is -0.150. The van der Waals surface area contributed by atoms with Crippen molar-refractivity contribution in [1.29, 1.82) is 0 Å². The molecule has 1 N–H and O–H groups in total. The van der Waals surface area contributed by atoms with E-state index in [1.807, 2.05) is 0 Å². The summed E-state index contributed by atoms with van der Waals surface area (Å²) in [6.07, 6.45) is 57.5. The van der Waals surface area contributed by atoms with Crippen LogP contribution in [0, 0.1) is 0 Å². The van der Waals surface area contributed by atoms with Gasteiger partial charge in [-0.25, -0.2) is 0 Å². The van der Waals surface area contributed by atoms with Crippen LogP contribution in [0.2, 0.25) is 0 Å². The van der Waals surface area contributed by atoms with Gasteiger partial charge in [0.2, 0.25) is 0 Å². The minimum absolute atomic E-state index is 0.00535. The van der Waals surface area contributed by atoms with Gasteiger partial charge in [-0.3, -0.25) is 9.59 Å². The zero-order valence-electron chi connectivity index (χ0n) is 34.9. The average molecular weight is 729 g/mol. The molecule has 0 aliphatic heterocycles. The quantitative estimate of drug-likeness (QED) is 0.0386. The van der Waals surface area contributed by atoms with Crippen molar-refractivity contribution in [2.45, 2.75) is 258 Å². The fourth-order valence-electron chi connectivity index (χ4n) is 6.92. The molecule has 0 heterocycles. The van der Waals surface area contributed by atoms with E-state index >= 15 is 0 Å². The van der Waals surface area contributed by atoms with Crippen LogP contribution in [0.1, 0.15) is 251 Å². The highest BCUT2D eigenvalue weighted by Crippen LogP contribution is 2.19. The SMILES string of the molecule is CCCCC/C=C\C/C=C\CCCC/C=C\CCCCCCCC(=O)OC(CCCCCCCCCCCCCCC)CCCCCCCC(=O)O. The van der Waals surface area contributed by atoms with Gasteiger partial charge in [0.25, 0.3) is 0 Å². The fraction of sp³-hybridized carbons (Fsp3) is 0.833. The number of carbonyl (C=O) groups excluding carboxylic acids is 1. The number of ether oxygens (including phenoxy) is 1. The molecule has 0 aromatic heterocycles. The Morgan fingerprint density at radius 3 is 1.21 bits per heavy atom. The van der Waals surface area contributed by atoms with Gasteiger partial charge in [0, 0.05) is 12.8 Å². The number of unbranched alkanes of at least 4 members (excludes halogenated alkanes) is 27. The summed E-state index contributed by atoms with van der Waals surface area (Å²) in [5.74, 6) is -0.705. The number of allylic oxidation sites excluding steroid dienone is 6. The summed E-state index contributed by atoms with van der Waals surface area (Å²) in [7, 11) is 0. The molecule has 52 heavy (non-hydrogen) atoms. The van der Waals surface area contributed by atoms with Gasteiger partial charge in [0.1, 0.15) is 6.10 Å². The second kappa shape index (κ2) is 43.6. The van der Waals surface area contributed by atoms with E-state index in [4.69, 9.17) is 9.84 Å². The van der Waals surface area contributed by atoms with E-state index in [9.17, 15) is 9.59 Å². The van der Waals surface area contributed by atoms with Crippen molar-refractivity contribution < 1.29 is 19.4 Å². The van der Waals surface area contributed by atoms with Gasteiger partial charge in [-0.2, -0.15) is 0 Å². The predicted octanol–water partition coefficient (Wildman–Crippen LogP) is 16.1. The van der Waals surface area contributed by atoms with Crippen LogP contribution in [0.5, 0.6) is 0 Å². The maximum Gasteiger partial charge on any atom is 0.306 e. The van der Waals surface area contributed by atoms with E-state index in [2.05, 4.69) is 50.3 Å². The fourth-order valence-corrected chi connectivity index (χ4v) is 6.92. The molecule has 0 amide bonds. The molecule has 4 nitrogen and oxygen atoms in total. The number of carboxylic acid groups (broad SMARTS) is 1. The highest BCUT2D eigenvalue weighted by atomic mass is 16.5. The number of hydrogen-bond donors (Lipinski definition) is 1. The van der Waals surface area contributed by atoms with E-state index < -0.39 is 5.97 Å². The molecular weight excluding hydrogens is 641 g/mol.